The minimum Gasteiger partial charge on any atom is -0.457 e. The van der Waals surface area contributed by atoms with E-state index in [1.807, 2.05) is 44.2 Å². The van der Waals surface area contributed by atoms with Gasteiger partial charge in [-0.05, 0) is 48.7 Å². The Labute approximate surface area is 142 Å². The molecule has 2 rings (SSSR count). The molecular weight excluding hydrogens is 304 g/mol. The second kappa shape index (κ2) is 8.93. The number of carbonyl (C=O) groups excluding carboxylic acids is 1. The Morgan fingerprint density at radius 1 is 1.04 bits per heavy atom. The fourth-order valence-corrected chi connectivity index (χ4v) is 2.33. The van der Waals surface area contributed by atoms with E-state index in [0.29, 0.717) is 17.4 Å². The first kappa shape index (κ1) is 17.8. The van der Waals surface area contributed by atoms with Crippen molar-refractivity contribution >= 4 is 11.7 Å². The van der Waals surface area contributed by atoms with Gasteiger partial charge in [-0.3, -0.25) is 0 Å². The number of hydrogen-bond acceptors (Lipinski definition) is 3. The van der Waals surface area contributed by atoms with Gasteiger partial charge in [0.2, 0.25) is 0 Å². The third-order valence-corrected chi connectivity index (χ3v) is 3.40. The number of para-hydroxylation sites is 1. The van der Waals surface area contributed by atoms with Crippen molar-refractivity contribution in [2.75, 3.05) is 11.9 Å². The Balaban J connectivity index is 1.87. The fraction of sp³-hybridized carbons (Fsp3) is 0.316. The quantitative estimate of drug-likeness (QED) is 0.719. The molecule has 2 aromatic carbocycles. The van der Waals surface area contributed by atoms with E-state index in [9.17, 15) is 9.90 Å². The molecule has 2 amide bonds. The Hall–Kier alpha value is -2.53. The minimum atomic E-state index is -0.327. The van der Waals surface area contributed by atoms with Crippen LogP contribution in [0.2, 0.25) is 0 Å². The van der Waals surface area contributed by atoms with Crippen LogP contribution in [0.15, 0.2) is 54.6 Å². The van der Waals surface area contributed by atoms with E-state index in [4.69, 9.17) is 4.74 Å². The fourth-order valence-electron chi connectivity index (χ4n) is 2.33. The van der Waals surface area contributed by atoms with Gasteiger partial charge in [0.1, 0.15) is 11.5 Å². The summed E-state index contributed by atoms with van der Waals surface area (Å²) in [7, 11) is 0. The molecule has 3 N–H and O–H groups in total. The molecule has 0 saturated carbocycles. The van der Waals surface area contributed by atoms with Crippen molar-refractivity contribution < 1.29 is 14.6 Å². The van der Waals surface area contributed by atoms with Gasteiger partial charge in [-0.15, -0.1) is 0 Å². The molecule has 0 saturated heterocycles. The second-order valence-corrected chi connectivity index (χ2v) is 6.05. The number of nitrogens with one attached hydrogen (secondary N) is 2. The normalized spacial score (nSPS) is 11.8. The van der Waals surface area contributed by atoms with Crippen LogP contribution in [0.5, 0.6) is 11.5 Å². The second-order valence-electron chi connectivity index (χ2n) is 6.05. The predicted octanol–water partition coefficient (Wildman–Crippen LogP) is 4.01. The predicted molar refractivity (Wildman–Crippen MR) is 95.4 cm³/mol. The molecule has 1 unspecified atom stereocenters. The average Bonchev–Trinajstić information content (AvgIpc) is 2.56. The van der Waals surface area contributed by atoms with Gasteiger partial charge in [-0.25, -0.2) is 4.79 Å². The molecule has 5 nitrogen and oxygen atoms in total. The van der Waals surface area contributed by atoms with Crippen LogP contribution in [0.3, 0.4) is 0 Å². The molecule has 0 spiro atoms. The van der Waals surface area contributed by atoms with Gasteiger partial charge in [0.15, 0.2) is 0 Å². The van der Waals surface area contributed by atoms with E-state index in [0.717, 1.165) is 12.2 Å². The highest BCUT2D eigenvalue weighted by Crippen LogP contribution is 2.22. The van der Waals surface area contributed by atoms with Gasteiger partial charge in [0, 0.05) is 5.69 Å². The largest absolute Gasteiger partial charge is 0.457 e. The lowest BCUT2D eigenvalue weighted by Crippen LogP contribution is -2.40. The number of urea groups is 1. The molecule has 0 aliphatic heterocycles. The van der Waals surface area contributed by atoms with Crippen LogP contribution in [0.1, 0.15) is 20.3 Å². The summed E-state index contributed by atoms with van der Waals surface area (Å²) in [5.74, 6) is 1.85. The smallest absolute Gasteiger partial charge is 0.319 e. The van der Waals surface area contributed by atoms with E-state index in [1.165, 1.54) is 0 Å². The van der Waals surface area contributed by atoms with Gasteiger partial charge >= 0.3 is 6.03 Å². The number of hydrogen-bond donors (Lipinski definition) is 3. The molecule has 0 heterocycles. The standard InChI is InChI=1S/C19H24N2O3/c1-14(2)12-16(13-22)21-19(23)20-15-8-10-18(11-9-15)24-17-6-4-3-5-7-17/h3-11,14,16,22H,12-13H2,1-2H3,(H2,20,21,23). The van der Waals surface area contributed by atoms with E-state index in [-0.39, 0.29) is 18.7 Å². The van der Waals surface area contributed by atoms with Crippen molar-refractivity contribution in [3.05, 3.63) is 54.6 Å². The topological polar surface area (TPSA) is 70.6 Å². The lowest BCUT2D eigenvalue weighted by Gasteiger charge is -2.18. The molecule has 24 heavy (non-hydrogen) atoms. The zero-order valence-electron chi connectivity index (χ0n) is 14.0. The monoisotopic (exact) mass is 328 g/mol. The van der Waals surface area contributed by atoms with Crippen LogP contribution in [-0.2, 0) is 0 Å². The number of amides is 2. The third-order valence-electron chi connectivity index (χ3n) is 3.40. The van der Waals surface area contributed by atoms with Crippen LogP contribution in [0.25, 0.3) is 0 Å². The van der Waals surface area contributed by atoms with Gasteiger partial charge in [-0.1, -0.05) is 32.0 Å². The van der Waals surface area contributed by atoms with Crippen LogP contribution in [0.4, 0.5) is 10.5 Å². The summed E-state index contributed by atoms with van der Waals surface area (Å²) in [6, 6.07) is 16.1. The number of benzene rings is 2. The van der Waals surface area contributed by atoms with Crippen molar-refractivity contribution in [2.45, 2.75) is 26.3 Å². The first-order valence-electron chi connectivity index (χ1n) is 8.08. The average molecular weight is 328 g/mol. The molecule has 0 aliphatic rings. The summed E-state index contributed by atoms with van der Waals surface area (Å²) in [5, 5.41) is 14.8. The van der Waals surface area contributed by atoms with E-state index in [2.05, 4.69) is 10.6 Å². The van der Waals surface area contributed by atoms with Crippen molar-refractivity contribution in [1.29, 1.82) is 0 Å². The maximum Gasteiger partial charge on any atom is 0.319 e. The van der Waals surface area contributed by atoms with Crippen LogP contribution in [0, 0.1) is 5.92 Å². The summed E-state index contributed by atoms with van der Waals surface area (Å²) in [5.41, 5.74) is 0.661. The van der Waals surface area contributed by atoms with E-state index in [1.54, 1.807) is 24.3 Å². The number of aliphatic hydroxyl groups is 1. The number of aliphatic hydroxyl groups excluding tert-OH is 1. The zero-order valence-corrected chi connectivity index (χ0v) is 14.0. The molecule has 0 aliphatic carbocycles. The molecule has 2 aromatic rings. The summed E-state index contributed by atoms with van der Waals surface area (Å²) >= 11 is 0. The molecular formula is C19H24N2O3. The minimum absolute atomic E-state index is 0.0740. The molecule has 128 valence electrons. The highest BCUT2D eigenvalue weighted by Gasteiger charge is 2.13. The van der Waals surface area contributed by atoms with Crippen LogP contribution < -0.4 is 15.4 Å². The Morgan fingerprint density at radius 2 is 1.67 bits per heavy atom. The summed E-state index contributed by atoms with van der Waals surface area (Å²) in [6.07, 6.45) is 0.730. The van der Waals surface area contributed by atoms with Gasteiger partial charge in [0.05, 0.1) is 12.6 Å². The van der Waals surface area contributed by atoms with E-state index >= 15 is 0 Å². The number of ether oxygens (including phenoxy) is 1. The van der Waals surface area contributed by atoms with Crippen molar-refractivity contribution in [3.63, 3.8) is 0 Å². The zero-order chi connectivity index (χ0) is 17.4. The number of rotatable bonds is 7. The molecule has 0 aromatic heterocycles. The van der Waals surface area contributed by atoms with Gasteiger partial charge in [-0.2, -0.15) is 0 Å². The maximum atomic E-state index is 12.0. The van der Waals surface area contributed by atoms with Crippen LogP contribution in [-0.4, -0.2) is 23.8 Å². The lowest BCUT2D eigenvalue weighted by molar-refractivity contribution is 0.214. The first-order chi connectivity index (χ1) is 11.6. The Morgan fingerprint density at radius 3 is 2.25 bits per heavy atom. The lowest BCUT2D eigenvalue weighted by atomic mass is 10.0. The molecule has 5 heteroatoms. The molecule has 0 radical (unpaired) electrons. The summed E-state index contributed by atoms with van der Waals surface area (Å²) in [6.45, 7) is 4.02. The maximum absolute atomic E-state index is 12.0. The molecule has 0 fully saturated rings. The number of carbonyl (C=O) groups is 1. The SMILES string of the molecule is CC(C)CC(CO)NC(=O)Nc1ccc(Oc2ccccc2)cc1. The molecule has 1 atom stereocenters. The first-order valence-corrected chi connectivity index (χ1v) is 8.08. The Bertz CT molecular complexity index is 627. The number of anilines is 1. The van der Waals surface area contributed by atoms with Gasteiger partial charge in [0.25, 0.3) is 0 Å². The van der Waals surface area contributed by atoms with E-state index < -0.39 is 0 Å². The summed E-state index contributed by atoms with van der Waals surface area (Å²) < 4.78 is 5.70. The highest BCUT2D eigenvalue weighted by atomic mass is 16.5. The van der Waals surface area contributed by atoms with Crippen molar-refractivity contribution in [3.8, 4) is 11.5 Å². The summed E-state index contributed by atoms with van der Waals surface area (Å²) in [4.78, 5) is 12.0. The van der Waals surface area contributed by atoms with Crippen molar-refractivity contribution in [1.82, 2.24) is 5.32 Å². The highest BCUT2D eigenvalue weighted by molar-refractivity contribution is 5.89. The van der Waals surface area contributed by atoms with Crippen molar-refractivity contribution in [2.24, 2.45) is 5.92 Å². The van der Waals surface area contributed by atoms with Gasteiger partial charge < -0.3 is 20.5 Å². The van der Waals surface area contributed by atoms with Crippen LogP contribution >= 0.6 is 0 Å². The third kappa shape index (κ3) is 5.93. The molecule has 0 bridgehead atoms. The Kier molecular flexibility index (Phi) is 6.63.